The van der Waals surface area contributed by atoms with Crippen molar-refractivity contribution in [3.8, 4) is 0 Å². The van der Waals surface area contributed by atoms with Gasteiger partial charge in [0.25, 0.3) is 11.6 Å². The van der Waals surface area contributed by atoms with E-state index in [0.29, 0.717) is 23.2 Å². The van der Waals surface area contributed by atoms with Gasteiger partial charge in [-0.05, 0) is 19.9 Å². The maximum absolute atomic E-state index is 12.8. The number of alkyl halides is 3. The van der Waals surface area contributed by atoms with Crippen LogP contribution in [0.3, 0.4) is 0 Å². The van der Waals surface area contributed by atoms with E-state index >= 15 is 0 Å². The van der Waals surface area contributed by atoms with Crippen molar-refractivity contribution >= 4 is 17.4 Å². The van der Waals surface area contributed by atoms with Crippen LogP contribution < -0.4 is 11.1 Å². The number of halogens is 3. The molecule has 8 nitrogen and oxygen atoms in total. The highest BCUT2D eigenvalue weighted by Gasteiger charge is 2.37. The highest BCUT2D eigenvalue weighted by atomic mass is 19.4. The van der Waals surface area contributed by atoms with Crippen LogP contribution in [0.1, 0.15) is 30.3 Å². The van der Waals surface area contributed by atoms with Gasteiger partial charge in [0.05, 0.1) is 6.04 Å². The third-order valence-electron chi connectivity index (χ3n) is 3.14. The molecule has 0 spiro atoms. The van der Waals surface area contributed by atoms with E-state index in [9.17, 15) is 13.2 Å². The minimum Gasteiger partial charge on any atom is -0.384 e. The zero-order valence-electron chi connectivity index (χ0n) is 12.7. The average molecular weight is 338 g/mol. The predicted octanol–water partition coefficient (Wildman–Crippen LogP) is 2.00. The zero-order chi connectivity index (χ0) is 17.5. The molecular formula is C13H13F3N8. The van der Waals surface area contributed by atoms with Crippen molar-refractivity contribution in [1.29, 1.82) is 0 Å². The molecule has 0 aliphatic carbocycles. The number of aromatic nitrogens is 6. The second-order valence-corrected chi connectivity index (χ2v) is 5.13. The van der Waals surface area contributed by atoms with E-state index in [2.05, 4.69) is 30.4 Å². The van der Waals surface area contributed by atoms with Gasteiger partial charge in [0.2, 0.25) is 0 Å². The third kappa shape index (κ3) is 3.05. The summed E-state index contributed by atoms with van der Waals surface area (Å²) in [5, 5.41) is 6.49. The normalized spacial score (nSPS) is 13.2. The number of hydrogen-bond donors (Lipinski definition) is 2. The van der Waals surface area contributed by atoms with Gasteiger partial charge in [0, 0.05) is 18.0 Å². The van der Waals surface area contributed by atoms with E-state index in [1.807, 2.05) is 0 Å². The van der Waals surface area contributed by atoms with Crippen LogP contribution in [0, 0.1) is 6.92 Å². The predicted molar refractivity (Wildman–Crippen MR) is 79.0 cm³/mol. The number of aryl methyl sites for hydroxylation is 1. The first kappa shape index (κ1) is 15.9. The lowest BCUT2D eigenvalue weighted by Gasteiger charge is -2.15. The second kappa shape index (κ2) is 5.58. The number of fused-ring (bicyclic) bond motifs is 1. The summed E-state index contributed by atoms with van der Waals surface area (Å²) >= 11 is 0. The van der Waals surface area contributed by atoms with Crippen LogP contribution in [-0.2, 0) is 6.18 Å². The van der Waals surface area contributed by atoms with Gasteiger partial charge >= 0.3 is 6.18 Å². The highest BCUT2D eigenvalue weighted by molar-refractivity contribution is 5.46. The summed E-state index contributed by atoms with van der Waals surface area (Å²) in [6, 6.07) is 2.68. The molecule has 0 unspecified atom stereocenters. The first-order chi connectivity index (χ1) is 11.2. The fourth-order valence-electron chi connectivity index (χ4n) is 2.09. The minimum absolute atomic E-state index is 0.148. The van der Waals surface area contributed by atoms with Crippen molar-refractivity contribution in [2.45, 2.75) is 26.1 Å². The molecule has 0 aliphatic rings. The Morgan fingerprint density at radius 2 is 2.00 bits per heavy atom. The molecule has 126 valence electrons. The molecule has 1 atom stereocenters. The van der Waals surface area contributed by atoms with Crippen molar-refractivity contribution in [1.82, 2.24) is 29.5 Å². The minimum atomic E-state index is -4.65. The van der Waals surface area contributed by atoms with E-state index in [-0.39, 0.29) is 5.78 Å². The van der Waals surface area contributed by atoms with Crippen LogP contribution in [-0.4, -0.2) is 29.5 Å². The van der Waals surface area contributed by atoms with E-state index < -0.39 is 18.0 Å². The second-order valence-electron chi connectivity index (χ2n) is 5.13. The lowest BCUT2D eigenvalue weighted by Crippen LogP contribution is -2.15. The summed E-state index contributed by atoms with van der Waals surface area (Å²) in [6.07, 6.45) is -3.15. The van der Waals surface area contributed by atoms with Crippen LogP contribution >= 0.6 is 0 Å². The molecule has 3 aromatic heterocycles. The number of rotatable bonds is 3. The first-order valence-corrected chi connectivity index (χ1v) is 6.90. The summed E-state index contributed by atoms with van der Waals surface area (Å²) in [7, 11) is 0. The number of nitrogen functional groups attached to an aromatic ring is 1. The molecule has 0 aromatic carbocycles. The number of anilines is 2. The van der Waals surface area contributed by atoms with E-state index in [0.717, 1.165) is 4.52 Å². The molecule has 0 saturated carbocycles. The highest BCUT2D eigenvalue weighted by Crippen LogP contribution is 2.27. The molecule has 3 N–H and O–H groups in total. The van der Waals surface area contributed by atoms with Gasteiger partial charge in [-0.2, -0.15) is 22.7 Å². The Balaban J connectivity index is 2.01. The fraction of sp³-hybridized carbons (Fsp3) is 0.308. The molecule has 3 rings (SSSR count). The fourth-order valence-corrected chi connectivity index (χ4v) is 2.09. The van der Waals surface area contributed by atoms with E-state index in [4.69, 9.17) is 5.73 Å². The molecule has 0 fully saturated rings. The van der Waals surface area contributed by atoms with Crippen molar-refractivity contribution in [2.24, 2.45) is 0 Å². The Morgan fingerprint density at radius 3 is 2.67 bits per heavy atom. The van der Waals surface area contributed by atoms with Gasteiger partial charge in [-0.25, -0.2) is 15.0 Å². The van der Waals surface area contributed by atoms with Crippen LogP contribution in [0.15, 0.2) is 18.3 Å². The van der Waals surface area contributed by atoms with Crippen LogP contribution in [0.4, 0.5) is 24.8 Å². The van der Waals surface area contributed by atoms with E-state index in [1.165, 1.54) is 12.3 Å². The lowest BCUT2D eigenvalue weighted by atomic mass is 10.3. The molecule has 0 saturated heterocycles. The molecule has 3 heterocycles. The third-order valence-corrected chi connectivity index (χ3v) is 3.14. The molecule has 0 aliphatic heterocycles. The number of nitrogens with zero attached hydrogens (tertiary/aromatic N) is 6. The smallest absolute Gasteiger partial charge is 0.384 e. The molecule has 11 heteroatoms. The van der Waals surface area contributed by atoms with Crippen LogP contribution in [0.25, 0.3) is 5.78 Å². The van der Waals surface area contributed by atoms with Gasteiger partial charge in [-0.3, -0.25) is 0 Å². The van der Waals surface area contributed by atoms with Gasteiger partial charge < -0.3 is 11.1 Å². The molecule has 0 amide bonds. The van der Waals surface area contributed by atoms with Crippen molar-refractivity contribution in [3.05, 3.63) is 35.7 Å². The Bertz CT molecular complexity index is 889. The van der Waals surface area contributed by atoms with Crippen molar-refractivity contribution in [2.75, 3.05) is 11.1 Å². The van der Waals surface area contributed by atoms with Crippen LogP contribution in [0.2, 0.25) is 0 Å². The van der Waals surface area contributed by atoms with E-state index in [1.54, 1.807) is 19.9 Å². The molecule has 24 heavy (non-hydrogen) atoms. The van der Waals surface area contributed by atoms with Gasteiger partial charge in [-0.15, -0.1) is 5.10 Å². The van der Waals surface area contributed by atoms with Crippen molar-refractivity contribution in [3.63, 3.8) is 0 Å². The molecule has 0 bridgehead atoms. The quantitative estimate of drug-likeness (QED) is 0.752. The monoisotopic (exact) mass is 338 g/mol. The summed E-state index contributed by atoms with van der Waals surface area (Å²) in [5.41, 5.74) is 6.11. The average Bonchev–Trinajstić information content (AvgIpc) is 2.91. The SMILES string of the molecule is Cc1cc(N[C@H](C)c2nccc(N)n2)n2nc(C(F)(F)F)nc2n1. The summed E-state index contributed by atoms with van der Waals surface area (Å²) < 4.78 is 39.4. The lowest BCUT2D eigenvalue weighted by molar-refractivity contribution is -0.144. The number of hydrogen-bond acceptors (Lipinski definition) is 7. The number of nitrogens with two attached hydrogens (primary N) is 1. The number of nitrogens with one attached hydrogen (secondary N) is 1. The van der Waals surface area contributed by atoms with Gasteiger partial charge in [0.1, 0.15) is 11.6 Å². The van der Waals surface area contributed by atoms with Gasteiger partial charge in [-0.1, -0.05) is 0 Å². The Hall–Kier alpha value is -2.98. The first-order valence-electron chi connectivity index (χ1n) is 6.90. The molecule has 0 radical (unpaired) electrons. The Kier molecular flexibility index (Phi) is 3.70. The Morgan fingerprint density at radius 1 is 1.25 bits per heavy atom. The van der Waals surface area contributed by atoms with Gasteiger partial charge in [0.15, 0.2) is 5.82 Å². The maximum atomic E-state index is 12.8. The topological polar surface area (TPSA) is 107 Å². The molecular weight excluding hydrogens is 325 g/mol. The standard InChI is InChI=1S/C13H13F3N8/c1-6-5-9(20-7(2)10-18-4-3-8(17)21-10)24-12(19-6)22-11(23-24)13(14,15)16/h3-5,7,20H,1-2H3,(H2,17,18,21)/t7-/m1/s1. The maximum Gasteiger partial charge on any atom is 0.453 e. The largest absolute Gasteiger partial charge is 0.453 e. The van der Waals surface area contributed by atoms with Crippen LogP contribution in [0.5, 0.6) is 0 Å². The molecule has 3 aromatic rings. The summed E-state index contributed by atoms with van der Waals surface area (Å²) in [6.45, 7) is 3.40. The summed E-state index contributed by atoms with van der Waals surface area (Å²) in [5.74, 6) is -0.417. The van der Waals surface area contributed by atoms with Crippen molar-refractivity contribution < 1.29 is 13.2 Å². The summed E-state index contributed by atoms with van der Waals surface area (Å²) in [4.78, 5) is 15.6. The zero-order valence-corrected chi connectivity index (χ0v) is 12.7. The Labute approximate surface area is 134 Å².